The molecule has 1 unspecified atom stereocenters. The zero-order valence-corrected chi connectivity index (χ0v) is 20.1. The van der Waals surface area contributed by atoms with Crippen molar-refractivity contribution in [3.63, 3.8) is 0 Å². The van der Waals surface area contributed by atoms with Crippen molar-refractivity contribution in [2.24, 2.45) is 0 Å². The van der Waals surface area contributed by atoms with Gasteiger partial charge in [-0.15, -0.1) is 0 Å². The Morgan fingerprint density at radius 1 is 0.700 bits per heavy atom. The predicted octanol–water partition coefficient (Wildman–Crippen LogP) is 7.69. The Kier molecular flexibility index (Phi) is 21.4. The van der Waals surface area contributed by atoms with E-state index in [9.17, 15) is 9.59 Å². The summed E-state index contributed by atoms with van der Waals surface area (Å²) in [6, 6.07) is 0. The number of ether oxygens (including phenoxy) is 2. The molecular weight excluding hydrogens is 376 g/mol. The van der Waals surface area contributed by atoms with E-state index in [-0.39, 0.29) is 5.97 Å². The minimum Gasteiger partial charge on any atom is -0.466 e. The Balaban J connectivity index is 3.27. The van der Waals surface area contributed by atoms with Crippen LogP contribution in [0.3, 0.4) is 0 Å². The van der Waals surface area contributed by atoms with E-state index in [1.165, 1.54) is 110 Å². The Hall–Kier alpha value is -1.32. The molecule has 1 atom stereocenters. The Morgan fingerprint density at radius 3 is 1.60 bits per heavy atom. The highest BCUT2D eigenvalue weighted by atomic mass is 16.6. The normalized spacial score (nSPS) is 12.2. The number of carbonyl (C=O) groups excluding carboxylic acids is 2. The van der Waals surface area contributed by atoms with Crippen LogP contribution in [0.15, 0.2) is 12.2 Å². The molecule has 0 aromatic heterocycles. The third kappa shape index (κ3) is 20.0. The van der Waals surface area contributed by atoms with Crippen LogP contribution in [0.4, 0.5) is 0 Å². The van der Waals surface area contributed by atoms with Gasteiger partial charge in [0.05, 0.1) is 7.11 Å². The molecule has 0 rings (SSSR count). The molecule has 0 aliphatic carbocycles. The summed E-state index contributed by atoms with van der Waals surface area (Å²) in [5, 5.41) is 0. The number of carbonyl (C=O) groups is 2. The largest absolute Gasteiger partial charge is 0.466 e. The summed E-state index contributed by atoms with van der Waals surface area (Å²) < 4.78 is 9.56. The van der Waals surface area contributed by atoms with E-state index >= 15 is 0 Å². The molecule has 0 radical (unpaired) electrons. The first-order valence-electron chi connectivity index (χ1n) is 12.5. The maximum absolute atomic E-state index is 11.6. The summed E-state index contributed by atoms with van der Waals surface area (Å²) >= 11 is 0. The quantitative estimate of drug-likeness (QED) is 0.108. The summed E-state index contributed by atoms with van der Waals surface area (Å²) in [4.78, 5) is 22.8. The standard InChI is InChI=1S/C26H48O4/c1-4-5-6-7-8-9-10-11-12-13-14-15-16-17-18-19-20-21-22-23-25(27)30-24(2)26(28)29-3/h11-12,24H,4-10,13-23H2,1-3H3/b12-11-. The summed E-state index contributed by atoms with van der Waals surface area (Å²) in [7, 11) is 1.29. The van der Waals surface area contributed by atoms with E-state index in [0.29, 0.717) is 6.42 Å². The van der Waals surface area contributed by atoms with Crippen LogP contribution in [0.2, 0.25) is 0 Å². The molecule has 0 saturated carbocycles. The second-order valence-electron chi connectivity index (χ2n) is 8.40. The lowest BCUT2D eigenvalue weighted by Crippen LogP contribution is -2.25. The molecule has 0 N–H and O–H groups in total. The average molecular weight is 425 g/mol. The third-order valence-electron chi connectivity index (χ3n) is 5.48. The minimum absolute atomic E-state index is 0.311. The monoisotopic (exact) mass is 424 g/mol. The lowest BCUT2D eigenvalue weighted by molar-refractivity contribution is -0.164. The van der Waals surface area contributed by atoms with Gasteiger partial charge in [0.25, 0.3) is 0 Å². The van der Waals surface area contributed by atoms with Gasteiger partial charge in [-0.2, -0.15) is 0 Å². The second-order valence-corrected chi connectivity index (χ2v) is 8.40. The average Bonchev–Trinajstić information content (AvgIpc) is 2.74. The van der Waals surface area contributed by atoms with Crippen molar-refractivity contribution in [2.75, 3.05) is 7.11 Å². The lowest BCUT2D eigenvalue weighted by Gasteiger charge is -2.10. The van der Waals surface area contributed by atoms with E-state index < -0.39 is 12.1 Å². The van der Waals surface area contributed by atoms with Crippen LogP contribution in [0, 0.1) is 0 Å². The van der Waals surface area contributed by atoms with Gasteiger partial charge in [0.2, 0.25) is 0 Å². The predicted molar refractivity (Wildman–Crippen MR) is 125 cm³/mol. The van der Waals surface area contributed by atoms with E-state index in [1.807, 2.05) is 0 Å². The minimum atomic E-state index is -0.807. The number of hydrogen-bond acceptors (Lipinski definition) is 4. The molecule has 4 nitrogen and oxygen atoms in total. The fourth-order valence-electron chi connectivity index (χ4n) is 3.52. The summed E-state index contributed by atoms with van der Waals surface area (Å²) in [5.41, 5.74) is 0. The van der Waals surface area contributed by atoms with Gasteiger partial charge in [0, 0.05) is 6.42 Å². The lowest BCUT2D eigenvalue weighted by atomic mass is 10.1. The highest BCUT2D eigenvalue weighted by Gasteiger charge is 2.17. The molecule has 0 aliphatic rings. The molecule has 176 valence electrons. The molecule has 0 saturated heterocycles. The first-order chi connectivity index (χ1) is 14.6. The fraction of sp³-hybridized carbons (Fsp3) is 0.846. The van der Waals surface area contributed by atoms with E-state index in [2.05, 4.69) is 23.8 Å². The first-order valence-corrected chi connectivity index (χ1v) is 12.5. The second kappa shape index (κ2) is 22.4. The molecule has 0 heterocycles. The van der Waals surface area contributed by atoms with Gasteiger partial charge in [-0.3, -0.25) is 4.79 Å². The summed E-state index contributed by atoms with van der Waals surface area (Å²) in [5.74, 6) is -0.818. The molecule has 0 fully saturated rings. The Bertz CT molecular complexity index is 431. The van der Waals surface area contributed by atoms with E-state index in [4.69, 9.17) is 4.74 Å². The number of unbranched alkanes of at least 4 members (excludes halogenated alkanes) is 15. The highest BCUT2D eigenvalue weighted by Crippen LogP contribution is 2.13. The molecule has 0 aliphatic heterocycles. The number of methoxy groups -OCH3 is 1. The SMILES string of the molecule is CCCCCCCC/C=C\CCCCCCCCCCCC(=O)OC(C)C(=O)OC. The molecular formula is C26H48O4. The maximum atomic E-state index is 11.6. The highest BCUT2D eigenvalue weighted by molar-refractivity contribution is 5.78. The van der Waals surface area contributed by atoms with Gasteiger partial charge in [-0.25, -0.2) is 4.79 Å². The van der Waals surface area contributed by atoms with Crippen molar-refractivity contribution in [2.45, 2.75) is 136 Å². The van der Waals surface area contributed by atoms with Gasteiger partial charge in [0.1, 0.15) is 0 Å². The molecule has 0 aromatic rings. The zero-order valence-electron chi connectivity index (χ0n) is 20.1. The first kappa shape index (κ1) is 28.7. The number of esters is 2. The van der Waals surface area contributed by atoms with Crippen LogP contribution < -0.4 is 0 Å². The van der Waals surface area contributed by atoms with Crippen molar-refractivity contribution in [3.05, 3.63) is 12.2 Å². The smallest absolute Gasteiger partial charge is 0.346 e. The van der Waals surface area contributed by atoms with Crippen LogP contribution >= 0.6 is 0 Å². The number of allylic oxidation sites excluding steroid dienone is 2. The number of hydrogen-bond donors (Lipinski definition) is 0. The van der Waals surface area contributed by atoms with E-state index in [0.717, 1.165) is 12.8 Å². The van der Waals surface area contributed by atoms with Gasteiger partial charge < -0.3 is 9.47 Å². The topological polar surface area (TPSA) is 52.6 Å². The van der Waals surface area contributed by atoms with Crippen molar-refractivity contribution in [3.8, 4) is 0 Å². The van der Waals surface area contributed by atoms with Gasteiger partial charge in [-0.05, 0) is 39.0 Å². The molecule has 0 bridgehead atoms. The van der Waals surface area contributed by atoms with Gasteiger partial charge in [-0.1, -0.05) is 96.1 Å². The van der Waals surface area contributed by atoms with Crippen LogP contribution in [0.25, 0.3) is 0 Å². The van der Waals surface area contributed by atoms with Gasteiger partial charge >= 0.3 is 11.9 Å². The van der Waals surface area contributed by atoms with Crippen molar-refractivity contribution >= 4 is 11.9 Å². The van der Waals surface area contributed by atoms with Gasteiger partial charge in [0.15, 0.2) is 6.10 Å². The van der Waals surface area contributed by atoms with Crippen molar-refractivity contribution < 1.29 is 19.1 Å². The molecule has 0 amide bonds. The third-order valence-corrected chi connectivity index (χ3v) is 5.48. The van der Waals surface area contributed by atoms with Crippen LogP contribution in [0.1, 0.15) is 129 Å². The van der Waals surface area contributed by atoms with Crippen LogP contribution in [-0.2, 0) is 19.1 Å². The van der Waals surface area contributed by atoms with E-state index in [1.54, 1.807) is 0 Å². The van der Waals surface area contributed by atoms with Crippen LogP contribution in [0.5, 0.6) is 0 Å². The van der Waals surface area contributed by atoms with Crippen LogP contribution in [-0.4, -0.2) is 25.2 Å². The summed E-state index contributed by atoms with van der Waals surface area (Å²) in [6.45, 7) is 3.81. The maximum Gasteiger partial charge on any atom is 0.346 e. The Morgan fingerprint density at radius 2 is 1.13 bits per heavy atom. The molecule has 4 heteroatoms. The fourth-order valence-corrected chi connectivity index (χ4v) is 3.52. The molecule has 30 heavy (non-hydrogen) atoms. The van der Waals surface area contributed by atoms with Crippen molar-refractivity contribution in [1.82, 2.24) is 0 Å². The Labute approximate surface area is 186 Å². The molecule has 0 spiro atoms. The number of rotatable bonds is 21. The zero-order chi connectivity index (χ0) is 22.3. The van der Waals surface area contributed by atoms with Crippen molar-refractivity contribution in [1.29, 1.82) is 0 Å². The molecule has 0 aromatic carbocycles. The summed E-state index contributed by atoms with van der Waals surface area (Å²) in [6.07, 6.45) is 26.0.